The van der Waals surface area contributed by atoms with Crippen molar-refractivity contribution in [2.75, 3.05) is 19.0 Å². The molecule has 1 aromatic heterocycles. The second-order valence-electron chi connectivity index (χ2n) is 6.21. The number of nitrogens with one attached hydrogen (secondary N) is 1. The van der Waals surface area contributed by atoms with E-state index < -0.39 is 0 Å². The number of nitrogens with zero attached hydrogens (tertiary/aromatic N) is 3. The van der Waals surface area contributed by atoms with E-state index in [4.69, 9.17) is 0 Å². The lowest BCUT2D eigenvalue weighted by Crippen LogP contribution is -2.36. The zero-order valence-corrected chi connectivity index (χ0v) is 12.7. The molecule has 1 aromatic rings. The maximum Gasteiger partial charge on any atom is 0.131 e. The Labute approximate surface area is 111 Å². The molecule has 0 amide bonds. The summed E-state index contributed by atoms with van der Waals surface area (Å²) >= 11 is 0. The first-order valence-electron chi connectivity index (χ1n) is 6.49. The topological polar surface area (TPSA) is 41.1 Å². The van der Waals surface area contributed by atoms with Gasteiger partial charge in [-0.05, 0) is 20.8 Å². The molecular weight excluding hydrogens is 224 g/mol. The van der Waals surface area contributed by atoms with E-state index in [1.165, 1.54) is 0 Å². The van der Waals surface area contributed by atoms with Gasteiger partial charge in [0, 0.05) is 32.1 Å². The van der Waals surface area contributed by atoms with Crippen LogP contribution in [0.4, 0.5) is 5.69 Å². The van der Waals surface area contributed by atoms with Crippen LogP contribution in [-0.4, -0.2) is 29.6 Å². The molecule has 1 heterocycles. The normalized spacial score (nSPS) is 12.0. The maximum atomic E-state index is 4.68. The van der Waals surface area contributed by atoms with E-state index in [0.717, 1.165) is 23.8 Å². The highest BCUT2D eigenvalue weighted by atomic mass is 15.1. The van der Waals surface area contributed by atoms with Crippen LogP contribution in [0.3, 0.4) is 0 Å². The minimum atomic E-state index is 0.0898. The summed E-state index contributed by atoms with van der Waals surface area (Å²) in [6, 6.07) is 0. The van der Waals surface area contributed by atoms with E-state index in [0.29, 0.717) is 5.92 Å². The Balaban J connectivity index is 3.00. The molecule has 0 aliphatic rings. The van der Waals surface area contributed by atoms with Gasteiger partial charge in [-0.25, -0.2) is 9.97 Å². The van der Waals surface area contributed by atoms with Crippen LogP contribution in [-0.2, 0) is 6.54 Å². The highest BCUT2D eigenvalue weighted by Crippen LogP contribution is 2.19. The van der Waals surface area contributed by atoms with Crippen molar-refractivity contribution in [3.05, 3.63) is 17.7 Å². The molecule has 18 heavy (non-hydrogen) atoms. The first-order valence-corrected chi connectivity index (χ1v) is 6.49. The molecule has 0 saturated heterocycles. The van der Waals surface area contributed by atoms with Gasteiger partial charge in [0.2, 0.25) is 0 Å². The van der Waals surface area contributed by atoms with Gasteiger partial charge in [-0.3, -0.25) is 0 Å². The van der Waals surface area contributed by atoms with E-state index in [2.05, 4.69) is 54.8 Å². The summed E-state index contributed by atoms with van der Waals surface area (Å²) < 4.78 is 0. The van der Waals surface area contributed by atoms with Crippen LogP contribution in [0.15, 0.2) is 6.20 Å². The highest BCUT2D eigenvalue weighted by Gasteiger charge is 2.14. The van der Waals surface area contributed by atoms with Gasteiger partial charge in [0.05, 0.1) is 17.6 Å². The van der Waals surface area contributed by atoms with Crippen molar-refractivity contribution in [3.63, 3.8) is 0 Å². The van der Waals surface area contributed by atoms with Crippen molar-refractivity contribution >= 4 is 5.69 Å². The molecule has 0 aliphatic heterocycles. The molecule has 4 heteroatoms. The van der Waals surface area contributed by atoms with Gasteiger partial charge < -0.3 is 10.2 Å². The average Bonchev–Trinajstić information content (AvgIpc) is 2.24. The van der Waals surface area contributed by atoms with Crippen LogP contribution >= 0.6 is 0 Å². The monoisotopic (exact) mass is 250 g/mol. The second kappa shape index (κ2) is 5.65. The molecule has 102 valence electrons. The predicted octanol–water partition coefficient (Wildman–Crippen LogP) is 2.55. The number of aromatic nitrogens is 2. The molecule has 0 fully saturated rings. The van der Waals surface area contributed by atoms with Crippen molar-refractivity contribution in [2.24, 2.45) is 0 Å². The van der Waals surface area contributed by atoms with Crippen LogP contribution in [0.1, 0.15) is 52.1 Å². The van der Waals surface area contributed by atoms with Crippen LogP contribution < -0.4 is 10.2 Å². The van der Waals surface area contributed by atoms with Crippen LogP contribution in [0.25, 0.3) is 0 Å². The van der Waals surface area contributed by atoms with Crippen molar-refractivity contribution in [1.29, 1.82) is 0 Å². The minimum Gasteiger partial charge on any atom is -0.375 e. The SMILES string of the molecule is CC(C)c1ncc(N(C)C)c(CNC(C)(C)C)n1. The molecule has 0 aliphatic carbocycles. The Kier molecular flexibility index (Phi) is 4.68. The number of hydrogen-bond acceptors (Lipinski definition) is 4. The molecule has 0 saturated carbocycles. The van der Waals surface area contributed by atoms with Gasteiger partial charge in [-0.2, -0.15) is 0 Å². The molecule has 1 rings (SSSR count). The molecular formula is C14H26N4. The van der Waals surface area contributed by atoms with Crippen LogP contribution in [0.2, 0.25) is 0 Å². The van der Waals surface area contributed by atoms with Crippen LogP contribution in [0.5, 0.6) is 0 Å². The first-order chi connectivity index (χ1) is 8.20. The van der Waals surface area contributed by atoms with E-state index in [1.807, 2.05) is 20.3 Å². The van der Waals surface area contributed by atoms with Crippen molar-refractivity contribution in [3.8, 4) is 0 Å². The molecule has 0 radical (unpaired) electrons. The predicted molar refractivity (Wildman–Crippen MR) is 77.0 cm³/mol. The standard InChI is InChI=1S/C14H26N4/c1-10(2)13-15-9-12(18(6)7)11(17-13)8-16-14(3,4)5/h9-10,16H,8H2,1-7H3. The van der Waals surface area contributed by atoms with Gasteiger partial charge in [0.1, 0.15) is 5.82 Å². The summed E-state index contributed by atoms with van der Waals surface area (Å²) in [7, 11) is 4.04. The van der Waals surface area contributed by atoms with E-state index in [-0.39, 0.29) is 5.54 Å². The Morgan fingerprint density at radius 1 is 1.28 bits per heavy atom. The van der Waals surface area contributed by atoms with Crippen molar-refractivity contribution in [2.45, 2.75) is 52.6 Å². The van der Waals surface area contributed by atoms with Gasteiger partial charge in [0.15, 0.2) is 0 Å². The number of rotatable bonds is 4. The highest BCUT2D eigenvalue weighted by molar-refractivity contribution is 5.47. The number of anilines is 1. The first kappa shape index (κ1) is 14.9. The zero-order valence-electron chi connectivity index (χ0n) is 12.7. The quantitative estimate of drug-likeness (QED) is 0.891. The van der Waals surface area contributed by atoms with Crippen molar-refractivity contribution in [1.82, 2.24) is 15.3 Å². The third kappa shape index (κ3) is 4.26. The van der Waals surface area contributed by atoms with Gasteiger partial charge in [-0.1, -0.05) is 13.8 Å². The fourth-order valence-corrected chi connectivity index (χ4v) is 1.56. The Morgan fingerprint density at radius 2 is 1.89 bits per heavy atom. The summed E-state index contributed by atoms with van der Waals surface area (Å²) in [4.78, 5) is 11.2. The molecule has 0 atom stereocenters. The molecule has 0 spiro atoms. The fraction of sp³-hybridized carbons (Fsp3) is 0.714. The zero-order chi connectivity index (χ0) is 13.9. The summed E-state index contributed by atoms with van der Waals surface area (Å²) in [5.41, 5.74) is 2.23. The summed E-state index contributed by atoms with van der Waals surface area (Å²) in [6.07, 6.45) is 1.92. The molecule has 0 unspecified atom stereocenters. The smallest absolute Gasteiger partial charge is 0.131 e. The van der Waals surface area contributed by atoms with E-state index in [1.54, 1.807) is 0 Å². The average molecular weight is 250 g/mol. The van der Waals surface area contributed by atoms with E-state index in [9.17, 15) is 0 Å². The van der Waals surface area contributed by atoms with E-state index >= 15 is 0 Å². The maximum absolute atomic E-state index is 4.68. The number of hydrogen-bond donors (Lipinski definition) is 1. The Hall–Kier alpha value is -1.16. The summed E-state index contributed by atoms with van der Waals surface area (Å²) in [6.45, 7) is 11.5. The lowest BCUT2D eigenvalue weighted by Gasteiger charge is -2.23. The van der Waals surface area contributed by atoms with Crippen molar-refractivity contribution < 1.29 is 0 Å². The molecule has 4 nitrogen and oxygen atoms in total. The molecule has 0 aromatic carbocycles. The fourth-order valence-electron chi connectivity index (χ4n) is 1.56. The Bertz CT molecular complexity index is 391. The Morgan fingerprint density at radius 3 is 2.33 bits per heavy atom. The second-order valence-corrected chi connectivity index (χ2v) is 6.21. The van der Waals surface area contributed by atoms with Gasteiger partial charge in [-0.15, -0.1) is 0 Å². The van der Waals surface area contributed by atoms with Crippen LogP contribution in [0, 0.1) is 0 Å². The largest absolute Gasteiger partial charge is 0.375 e. The lowest BCUT2D eigenvalue weighted by atomic mass is 10.1. The van der Waals surface area contributed by atoms with Gasteiger partial charge >= 0.3 is 0 Å². The third-order valence-electron chi connectivity index (χ3n) is 2.65. The molecule has 1 N–H and O–H groups in total. The minimum absolute atomic E-state index is 0.0898. The molecule has 0 bridgehead atoms. The third-order valence-corrected chi connectivity index (χ3v) is 2.65. The lowest BCUT2D eigenvalue weighted by molar-refractivity contribution is 0.420. The van der Waals surface area contributed by atoms with Gasteiger partial charge in [0.25, 0.3) is 0 Å². The summed E-state index contributed by atoms with van der Waals surface area (Å²) in [5, 5.41) is 3.48. The summed E-state index contributed by atoms with van der Waals surface area (Å²) in [5.74, 6) is 1.26.